The number of hydrogen-bond acceptors (Lipinski definition) is 2. The van der Waals surface area contributed by atoms with Crippen molar-refractivity contribution in [3.8, 4) is 0 Å². The topological polar surface area (TPSA) is 24.9 Å². The maximum atomic E-state index is 13.9. The zero-order valence-electron chi connectivity index (χ0n) is 11.7. The molecule has 1 heterocycles. The van der Waals surface area contributed by atoms with Crippen LogP contribution in [0.4, 0.5) is 4.39 Å². The Morgan fingerprint density at radius 1 is 1.33 bits per heavy atom. The van der Waals surface area contributed by atoms with E-state index in [1.807, 2.05) is 6.07 Å². The molecule has 0 aliphatic rings. The number of aromatic nitrogens is 1. The second-order valence-electron chi connectivity index (χ2n) is 4.88. The molecule has 0 aliphatic heterocycles. The monoisotopic (exact) mass is 370 g/mol. The standard InChI is InChI=1S/C16H17BrClFN2/c1-2-5-21-16(12-6-13(17)10-20-9-12)8-11-7-14(18)3-4-15(11)19/h3-4,6-7,9-10,16,21H,2,5,8H2,1H3. The highest BCUT2D eigenvalue weighted by Crippen LogP contribution is 2.24. The predicted octanol–water partition coefficient (Wildman–Crippen LogP) is 4.92. The minimum atomic E-state index is -0.231. The fourth-order valence-corrected chi connectivity index (χ4v) is 2.74. The van der Waals surface area contributed by atoms with E-state index in [4.69, 9.17) is 11.6 Å². The summed E-state index contributed by atoms with van der Waals surface area (Å²) >= 11 is 9.39. The van der Waals surface area contributed by atoms with Gasteiger partial charge in [0.15, 0.2) is 0 Å². The van der Waals surface area contributed by atoms with Gasteiger partial charge in [0.1, 0.15) is 5.82 Å². The number of rotatable bonds is 6. The molecule has 0 saturated heterocycles. The molecule has 1 unspecified atom stereocenters. The van der Waals surface area contributed by atoms with Crippen LogP contribution in [0.1, 0.15) is 30.5 Å². The third-order valence-corrected chi connectivity index (χ3v) is 3.87. The molecule has 1 N–H and O–H groups in total. The van der Waals surface area contributed by atoms with Crippen LogP contribution in [0, 0.1) is 5.82 Å². The Labute approximate surface area is 137 Å². The summed E-state index contributed by atoms with van der Waals surface area (Å²) in [5.74, 6) is -0.231. The highest BCUT2D eigenvalue weighted by atomic mass is 79.9. The van der Waals surface area contributed by atoms with E-state index in [0.717, 1.165) is 23.0 Å². The molecule has 1 aromatic carbocycles. The van der Waals surface area contributed by atoms with E-state index in [1.54, 1.807) is 24.5 Å². The first-order valence-electron chi connectivity index (χ1n) is 6.88. The van der Waals surface area contributed by atoms with Crippen molar-refractivity contribution in [3.05, 3.63) is 63.1 Å². The lowest BCUT2D eigenvalue weighted by molar-refractivity contribution is 0.511. The van der Waals surface area contributed by atoms with Gasteiger partial charge in [-0.25, -0.2) is 4.39 Å². The first-order valence-corrected chi connectivity index (χ1v) is 8.05. The fraction of sp³-hybridized carbons (Fsp3) is 0.312. The van der Waals surface area contributed by atoms with Crippen LogP contribution in [0.5, 0.6) is 0 Å². The van der Waals surface area contributed by atoms with Crippen molar-refractivity contribution in [2.75, 3.05) is 6.54 Å². The van der Waals surface area contributed by atoms with Gasteiger partial charge < -0.3 is 5.32 Å². The van der Waals surface area contributed by atoms with Crippen LogP contribution < -0.4 is 5.32 Å². The summed E-state index contributed by atoms with van der Waals surface area (Å²) in [6.07, 6.45) is 5.08. The minimum absolute atomic E-state index is 0.00270. The molecule has 0 bridgehead atoms. The summed E-state index contributed by atoms with van der Waals surface area (Å²) in [7, 11) is 0. The van der Waals surface area contributed by atoms with Gasteiger partial charge >= 0.3 is 0 Å². The molecule has 2 rings (SSSR count). The van der Waals surface area contributed by atoms with Gasteiger partial charge in [-0.3, -0.25) is 4.98 Å². The third-order valence-electron chi connectivity index (χ3n) is 3.20. The maximum absolute atomic E-state index is 13.9. The third kappa shape index (κ3) is 4.77. The molecule has 0 spiro atoms. The Morgan fingerprint density at radius 3 is 2.86 bits per heavy atom. The van der Waals surface area contributed by atoms with E-state index in [0.29, 0.717) is 17.0 Å². The van der Waals surface area contributed by atoms with Crippen LogP contribution in [-0.2, 0) is 6.42 Å². The lowest BCUT2D eigenvalue weighted by Gasteiger charge is -2.19. The Hall–Kier alpha value is -0.970. The first kappa shape index (κ1) is 16.4. The van der Waals surface area contributed by atoms with E-state index < -0.39 is 0 Å². The van der Waals surface area contributed by atoms with E-state index in [1.165, 1.54) is 6.07 Å². The van der Waals surface area contributed by atoms with Crippen molar-refractivity contribution >= 4 is 27.5 Å². The van der Waals surface area contributed by atoms with Gasteiger partial charge in [-0.1, -0.05) is 18.5 Å². The van der Waals surface area contributed by atoms with Crippen LogP contribution >= 0.6 is 27.5 Å². The largest absolute Gasteiger partial charge is 0.310 e. The van der Waals surface area contributed by atoms with Crippen LogP contribution in [0.25, 0.3) is 0 Å². The SMILES string of the molecule is CCCNC(Cc1cc(Cl)ccc1F)c1cncc(Br)c1. The van der Waals surface area contributed by atoms with Gasteiger partial charge in [0.05, 0.1) is 0 Å². The average molecular weight is 372 g/mol. The zero-order chi connectivity index (χ0) is 15.2. The van der Waals surface area contributed by atoms with Crippen molar-refractivity contribution in [1.29, 1.82) is 0 Å². The first-order chi connectivity index (χ1) is 10.1. The molecule has 1 atom stereocenters. The van der Waals surface area contributed by atoms with Gasteiger partial charge in [-0.2, -0.15) is 0 Å². The van der Waals surface area contributed by atoms with Crippen molar-refractivity contribution < 1.29 is 4.39 Å². The quantitative estimate of drug-likeness (QED) is 0.779. The van der Waals surface area contributed by atoms with E-state index in [2.05, 4.69) is 33.2 Å². The summed E-state index contributed by atoms with van der Waals surface area (Å²) in [5, 5.41) is 3.99. The van der Waals surface area contributed by atoms with E-state index >= 15 is 0 Å². The van der Waals surface area contributed by atoms with Crippen molar-refractivity contribution in [3.63, 3.8) is 0 Å². The summed E-state index contributed by atoms with van der Waals surface area (Å²) in [4.78, 5) is 4.19. The molecule has 112 valence electrons. The van der Waals surface area contributed by atoms with Gasteiger partial charge in [0.2, 0.25) is 0 Å². The van der Waals surface area contributed by atoms with Crippen LogP contribution in [0.2, 0.25) is 5.02 Å². The molecule has 1 aromatic heterocycles. The summed E-state index contributed by atoms with van der Waals surface area (Å²) in [6.45, 7) is 2.96. The predicted molar refractivity (Wildman–Crippen MR) is 88.1 cm³/mol. The molecule has 0 radical (unpaired) electrons. The number of halogens is 3. The number of benzene rings is 1. The van der Waals surface area contributed by atoms with E-state index in [-0.39, 0.29) is 11.9 Å². The normalized spacial score (nSPS) is 12.4. The van der Waals surface area contributed by atoms with Crippen molar-refractivity contribution in [1.82, 2.24) is 10.3 Å². The highest BCUT2D eigenvalue weighted by Gasteiger charge is 2.15. The van der Waals surface area contributed by atoms with Crippen molar-refractivity contribution in [2.24, 2.45) is 0 Å². The Kier molecular flexibility index (Phi) is 6.15. The Morgan fingerprint density at radius 2 is 2.14 bits per heavy atom. The molecule has 2 nitrogen and oxygen atoms in total. The smallest absolute Gasteiger partial charge is 0.126 e. The summed E-state index contributed by atoms with van der Waals surface area (Å²) < 4.78 is 14.8. The number of nitrogens with one attached hydrogen (secondary N) is 1. The molecule has 0 amide bonds. The van der Waals surface area contributed by atoms with Gasteiger partial charge in [-0.15, -0.1) is 0 Å². The summed E-state index contributed by atoms with van der Waals surface area (Å²) in [5.41, 5.74) is 1.63. The van der Waals surface area contributed by atoms with Crippen LogP contribution in [0.3, 0.4) is 0 Å². The molecular weight excluding hydrogens is 355 g/mol. The lowest BCUT2D eigenvalue weighted by atomic mass is 9.99. The highest BCUT2D eigenvalue weighted by molar-refractivity contribution is 9.10. The Balaban J connectivity index is 2.25. The van der Waals surface area contributed by atoms with Crippen LogP contribution in [-0.4, -0.2) is 11.5 Å². The van der Waals surface area contributed by atoms with Crippen molar-refractivity contribution in [2.45, 2.75) is 25.8 Å². The maximum Gasteiger partial charge on any atom is 0.126 e. The molecule has 2 aromatic rings. The van der Waals surface area contributed by atoms with Crippen LogP contribution in [0.15, 0.2) is 41.1 Å². The fourth-order valence-electron chi connectivity index (χ4n) is 2.16. The Bertz CT molecular complexity index is 607. The number of nitrogens with zero attached hydrogens (tertiary/aromatic N) is 1. The molecule has 0 fully saturated rings. The van der Waals surface area contributed by atoms with Gasteiger partial charge in [-0.05, 0) is 70.7 Å². The molecule has 0 aliphatic carbocycles. The molecule has 21 heavy (non-hydrogen) atoms. The molecule has 5 heteroatoms. The average Bonchev–Trinajstić information content (AvgIpc) is 2.47. The van der Waals surface area contributed by atoms with E-state index in [9.17, 15) is 4.39 Å². The number of hydrogen-bond donors (Lipinski definition) is 1. The zero-order valence-corrected chi connectivity index (χ0v) is 14.1. The minimum Gasteiger partial charge on any atom is -0.310 e. The number of pyridine rings is 1. The van der Waals surface area contributed by atoms with Gasteiger partial charge in [0.25, 0.3) is 0 Å². The second-order valence-corrected chi connectivity index (χ2v) is 6.24. The second kappa shape index (κ2) is 7.87. The molecule has 0 saturated carbocycles. The summed E-state index contributed by atoms with van der Waals surface area (Å²) in [6, 6.07) is 6.66. The lowest BCUT2D eigenvalue weighted by Crippen LogP contribution is -2.24. The molecular formula is C16H17BrClFN2. The van der Waals surface area contributed by atoms with Gasteiger partial charge in [0, 0.05) is 27.9 Å².